The second kappa shape index (κ2) is 5.57. The van der Waals surface area contributed by atoms with E-state index in [4.69, 9.17) is 5.73 Å². The number of anilines is 1. The van der Waals surface area contributed by atoms with E-state index in [1.165, 1.54) is 0 Å². The van der Waals surface area contributed by atoms with Crippen molar-refractivity contribution < 1.29 is 4.21 Å². The maximum atomic E-state index is 12.4. The van der Waals surface area contributed by atoms with Gasteiger partial charge >= 0.3 is 0 Å². The summed E-state index contributed by atoms with van der Waals surface area (Å²) in [5.41, 5.74) is 9.41. The Morgan fingerprint density at radius 1 is 1.37 bits per heavy atom. The number of hydrogen-bond acceptors (Lipinski definition) is 3. The molecule has 0 saturated carbocycles. The minimum atomic E-state index is -1.07. The molecule has 2 aromatic rings. The molecule has 0 amide bonds. The van der Waals surface area contributed by atoms with Crippen molar-refractivity contribution in [3.8, 4) is 0 Å². The van der Waals surface area contributed by atoms with Gasteiger partial charge in [0.15, 0.2) is 0 Å². The highest BCUT2D eigenvalue weighted by atomic mass is 32.2. The lowest BCUT2D eigenvalue weighted by molar-refractivity contribution is 0.675. The van der Waals surface area contributed by atoms with Gasteiger partial charge in [-0.25, -0.2) is 0 Å². The lowest BCUT2D eigenvalue weighted by Crippen LogP contribution is -2.04. The first-order chi connectivity index (χ1) is 9.01. The first-order valence-electron chi connectivity index (χ1n) is 6.27. The van der Waals surface area contributed by atoms with Gasteiger partial charge in [-0.05, 0) is 43.2 Å². The highest BCUT2D eigenvalue weighted by Gasteiger charge is 2.12. The Morgan fingerprint density at radius 2 is 2.11 bits per heavy atom. The van der Waals surface area contributed by atoms with Gasteiger partial charge in [0.25, 0.3) is 0 Å². The molecule has 1 aromatic heterocycles. The molecule has 0 fully saturated rings. The van der Waals surface area contributed by atoms with Crippen LogP contribution >= 0.6 is 0 Å². The smallest absolute Gasteiger partial charge is 0.0702 e. The largest absolute Gasteiger partial charge is 0.399 e. The summed E-state index contributed by atoms with van der Waals surface area (Å²) in [6, 6.07) is 7.51. The van der Waals surface area contributed by atoms with Gasteiger partial charge in [-0.2, -0.15) is 5.10 Å². The molecular weight excluding hydrogens is 258 g/mol. The first-order valence-corrected chi connectivity index (χ1v) is 7.59. The molecular formula is C14H19N3OS. The molecule has 0 radical (unpaired) electrons. The Kier molecular flexibility index (Phi) is 4.04. The minimum absolute atomic E-state index is 0.480. The van der Waals surface area contributed by atoms with E-state index in [2.05, 4.69) is 12.0 Å². The monoisotopic (exact) mass is 277 g/mol. The zero-order chi connectivity index (χ0) is 14.0. The Balaban J connectivity index is 2.23. The normalized spacial score (nSPS) is 12.6. The van der Waals surface area contributed by atoms with Gasteiger partial charge in [-0.15, -0.1) is 0 Å². The van der Waals surface area contributed by atoms with Crippen LogP contribution in [-0.4, -0.2) is 14.0 Å². The van der Waals surface area contributed by atoms with Crippen LogP contribution in [0.2, 0.25) is 0 Å². The fraction of sp³-hybridized carbons (Fsp3) is 0.357. The van der Waals surface area contributed by atoms with E-state index in [0.717, 1.165) is 28.3 Å². The van der Waals surface area contributed by atoms with Gasteiger partial charge in [0.05, 0.1) is 27.9 Å². The van der Waals surface area contributed by atoms with Crippen LogP contribution in [0.15, 0.2) is 29.2 Å². The maximum Gasteiger partial charge on any atom is 0.0702 e. The van der Waals surface area contributed by atoms with E-state index in [1.807, 2.05) is 36.9 Å². The van der Waals surface area contributed by atoms with Crippen LogP contribution in [0.3, 0.4) is 0 Å². The summed E-state index contributed by atoms with van der Waals surface area (Å²) >= 11 is 0. The first kappa shape index (κ1) is 13.8. The summed E-state index contributed by atoms with van der Waals surface area (Å²) < 4.78 is 14.2. The lowest BCUT2D eigenvalue weighted by atomic mass is 10.2. The van der Waals surface area contributed by atoms with E-state index >= 15 is 0 Å². The molecule has 19 heavy (non-hydrogen) atoms. The number of nitrogens with two attached hydrogens (primary N) is 1. The molecule has 0 aliphatic carbocycles. The number of nitrogen functional groups attached to an aromatic ring is 1. The molecule has 1 atom stereocenters. The van der Waals surface area contributed by atoms with Crippen molar-refractivity contribution in [3.05, 3.63) is 41.2 Å². The van der Waals surface area contributed by atoms with Crippen LogP contribution < -0.4 is 5.73 Å². The van der Waals surface area contributed by atoms with Gasteiger partial charge < -0.3 is 5.73 Å². The summed E-state index contributed by atoms with van der Waals surface area (Å²) in [5, 5.41) is 4.37. The van der Waals surface area contributed by atoms with Crippen LogP contribution in [0.4, 0.5) is 5.69 Å². The standard InChI is InChI=1S/C14H19N3OS/c1-4-12-8-13(17(3)16-12)9-19(18)14-6-5-11(15)7-10(14)2/h5-8H,4,9,15H2,1-3H3. The molecule has 1 unspecified atom stereocenters. The molecule has 1 aromatic carbocycles. The molecule has 102 valence electrons. The summed E-state index contributed by atoms with van der Waals surface area (Å²) in [7, 11) is 0.821. The molecule has 2 N–H and O–H groups in total. The van der Waals surface area contributed by atoms with Crippen LogP contribution in [0.1, 0.15) is 23.9 Å². The van der Waals surface area contributed by atoms with Gasteiger partial charge in [0.2, 0.25) is 0 Å². The number of aryl methyl sites for hydroxylation is 3. The second-order valence-corrected chi connectivity index (χ2v) is 6.04. The second-order valence-electron chi connectivity index (χ2n) is 4.62. The lowest BCUT2D eigenvalue weighted by Gasteiger charge is -2.07. The minimum Gasteiger partial charge on any atom is -0.399 e. The predicted octanol–water partition coefficient (Wildman–Crippen LogP) is 2.18. The zero-order valence-corrected chi connectivity index (χ0v) is 12.3. The van der Waals surface area contributed by atoms with Crippen molar-refractivity contribution in [2.75, 3.05) is 5.73 Å². The van der Waals surface area contributed by atoms with E-state index in [1.54, 1.807) is 6.07 Å². The third-order valence-corrected chi connectivity index (χ3v) is 4.62. The number of benzene rings is 1. The van der Waals surface area contributed by atoms with Gasteiger partial charge in [0.1, 0.15) is 0 Å². The highest BCUT2D eigenvalue weighted by molar-refractivity contribution is 7.84. The molecule has 4 nitrogen and oxygen atoms in total. The summed E-state index contributed by atoms with van der Waals surface area (Å²) in [4.78, 5) is 0.841. The average Bonchev–Trinajstić information content (AvgIpc) is 2.70. The number of aromatic nitrogens is 2. The summed E-state index contributed by atoms with van der Waals surface area (Å²) in [5.74, 6) is 0.480. The number of rotatable bonds is 4. The van der Waals surface area contributed by atoms with E-state index in [9.17, 15) is 4.21 Å². The SMILES string of the molecule is CCc1cc(CS(=O)c2ccc(N)cc2C)n(C)n1. The van der Waals surface area contributed by atoms with Crippen molar-refractivity contribution in [1.29, 1.82) is 0 Å². The van der Waals surface area contributed by atoms with Crippen LogP contribution in [0.5, 0.6) is 0 Å². The number of nitrogens with zero attached hydrogens (tertiary/aromatic N) is 2. The molecule has 0 aliphatic rings. The molecule has 2 rings (SSSR count). The van der Waals surface area contributed by atoms with E-state index in [-0.39, 0.29) is 0 Å². The van der Waals surface area contributed by atoms with Crippen molar-refractivity contribution >= 4 is 16.5 Å². The molecule has 0 aliphatic heterocycles. The topological polar surface area (TPSA) is 60.9 Å². The van der Waals surface area contributed by atoms with E-state index in [0.29, 0.717) is 11.4 Å². The maximum absolute atomic E-state index is 12.4. The molecule has 0 spiro atoms. The number of hydrogen-bond donors (Lipinski definition) is 1. The van der Waals surface area contributed by atoms with Crippen molar-refractivity contribution in [2.45, 2.75) is 30.9 Å². The third-order valence-electron chi connectivity index (χ3n) is 3.11. The summed E-state index contributed by atoms with van der Waals surface area (Å²) in [6.07, 6.45) is 0.890. The van der Waals surface area contributed by atoms with Crippen molar-refractivity contribution in [2.24, 2.45) is 7.05 Å². The predicted molar refractivity (Wildman–Crippen MR) is 78.3 cm³/mol. The Bertz CT molecular complexity index is 619. The average molecular weight is 277 g/mol. The van der Waals surface area contributed by atoms with Crippen LogP contribution in [-0.2, 0) is 30.0 Å². The Hall–Kier alpha value is -1.62. The fourth-order valence-corrected chi connectivity index (χ4v) is 3.35. The fourth-order valence-electron chi connectivity index (χ4n) is 2.02. The molecule has 1 heterocycles. The van der Waals surface area contributed by atoms with Gasteiger partial charge in [-0.3, -0.25) is 8.89 Å². The van der Waals surface area contributed by atoms with E-state index < -0.39 is 10.8 Å². The molecule has 5 heteroatoms. The highest BCUT2D eigenvalue weighted by Crippen LogP contribution is 2.19. The van der Waals surface area contributed by atoms with Gasteiger partial charge in [0, 0.05) is 17.6 Å². The van der Waals surface area contributed by atoms with Crippen molar-refractivity contribution in [1.82, 2.24) is 9.78 Å². The van der Waals surface area contributed by atoms with Crippen LogP contribution in [0.25, 0.3) is 0 Å². The summed E-state index contributed by atoms with van der Waals surface area (Å²) in [6.45, 7) is 4.00. The molecule has 0 bridgehead atoms. The quantitative estimate of drug-likeness (QED) is 0.871. The van der Waals surface area contributed by atoms with Crippen molar-refractivity contribution in [3.63, 3.8) is 0 Å². The van der Waals surface area contributed by atoms with Crippen LogP contribution in [0, 0.1) is 6.92 Å². The Labute approximate surface area is 116 Å². The van der Waals surface area contributed by atoms with Gasteiger partial charge in [-0.1, -0.05) is 6.92 Å². The third kappa shape index (κ3) is 3.04. The Morgan fingerprint density at radius 3 is 2.68 bits per heavy atom. The zero-order valence-electron chi connectivity index (χ0n) is 11.5. The molecule has 0 saturated heterocycles.